The number of rotatable bonds is 5. The molecule has 0 aliphatic carbocycles. The van der Waals surface area contributed by atoms with Gasteiger partial charge in [0, 0.05) is 11.9 Å². The number of amides is 1. The lowest BCUT2D eigenvalue weighted by atomic mass is 10.2. The van der Waals surface area contributed by atoms with E-state index >= 15 is 0 Å². The van der Waals surface area contributed by atoms with Gasteiger partial charge in [-0.1, -0.05) is 32.0 Å². The van der Waals surface area contributed by atoms with Crippen LogP contribution in [0.2, 0.25) is 0 Å². The molecule has 0 aliphatic heterocycles. The Hall–Kier alpha value is -2.10. The second-order valence-corrected chi connectivity index (χ2v) is 5.39. The van der Waals surface area contributed by atoms with Gasteiger partial charge in [0.1, 0.15) is 11.9 Å². The van der Waals surface area contributed by atoms with Gasteiger partial charge in [-0.25, -0.2) is 4.98 Å². The van der Waals surface area contributed by atoms with E-state index in [1.165, 1.54) is 0 Å². The van der Waals surface area contributed by atoms with E-state index in [0.717, 1.165) is 16.7 Å². The molecule has 1 aromatic carbocycles. The number of fused-ring (bicyclic) bond motifs is 1. The highest BCUT2D eigenvalue weighted by molar-refractivity contribution is 5.85. The Morgan fingerprint density at radius 1 is 1.15 bits per heavy atom. The molecule has 0 spiro atoms. The molecule has 1 atom stereocenters. The third kappa shape index (κ3) is 3.70. The third-order valence-electron chi connectivity index (χ3n) is 3.04. The number of aromatic nitrogens is 1. The van der Waals surface area contributed by atoms with Gasteiger partial charge in [-0.05, 0) is 31.0 Å². The molecule has 0 radical (unpaired) electrons. The number of hydrogen-bond acceptors (Lipinski definition) is 3. The highest BCUT2D eigenvalue weighted by Crippen LogP contribution is 2.15. The van der Waals surface area contributed by atoms with Crippen molar-refractivity contribution in [1.29, 1.82) is 0 Å². The number of carbonyl (C=O) groups excluding carboxylic acids is 1. The second kappa shape index (κ2) is 6.37. The summed E-state index contributed by atoms with van der Waals surface area (Å²) in [6, 6.07) is 11.5. The Balaban J connectivity index is 2.02. The van der Waals surface area contributed by atoms with E-state index in [-0.39, 0.29) is 11.9 Å². The van der Waals surface area contributed by atoms with Gasteiger partial charge in [0.2, 0.25) is 5.91 Å². The monoisotopic (exact) mass is 271 g/mol. The zero-order valence-electron chi connectivity index (χ0n) is 12.2. The van der Waals surface area contributed by atoms with E-state index in [1.807, 2.05) is 43.3 Å². The highest BCUT2D eigenvalue weighted by atomic mass is 16.2. The topological polar surface area (TPSA) is 54.0 Å². The number of nitrogens with one attached hydrogen (secondary N) is 2. The third-order valence-corrected chi connectivity index (χ3v) is 3.04. The molecule has 1 unspecified atom stereocenters. The van der Waals surface area contributed by atoms with Crippen LogP contribution < -0.4 is 10.6 Å². The quantitative estimate of drug-likeness (QED) is 0.879. The minimum atomic E-state index is -0.303. The Kier molecular flexibility index (Phi) is 4.56. The molecule has 0 aliphatic rings. The van der Waals surface area contributed by atoms with Crippen LogP contribution in [0, 0.1) is 5.92 Å². The first-order valence-electron chi connectivity index (χ1n) is 6.96. The van der Waals surface area contributed by atoms with E-state index in [0.29, 0.717) is 12.5 Å². The van der Waals surface area contributed by atoms with E-state index in [4.69, 9.17) is 0 Å². The molecule has 1 heterocycles. The maximum atomic E-state index is 11.9. The Bertz CT molecular complexity index is 595. The maximum Gasteiger partial charge on any atom is 0.242 e. The summed E-state index contributed by atoms with van der Waals surface area (Å²) in [5.74, 6) is 1.16. The SMILES string of the molecule is CC(C)CNC(=O)C(C)Nc1ccc2ccccc2n1. The molecule has 0 saturated heterocycles. The fourth-order valence-corrected chi connectivity index (χ4v) is 1.89. The van der Waals surface area contributed by atoms with Crippen LogP contribution in [0.5, 0.6) is 0 Å². The summed E-state index contributed by atoms with van der Waals surface area (Å²) in [6.45, 7) is 6.68. The summed E-state index contributed by atoms with van der Waals surface area (Å²) in [4.78, 5) is 16.4. The first-order valence-corrected chi connectivity index (χ1v) is 6.96. The van der Waals surface area contributed by atoms with Crippen LogP contribution in [0.3, 0.4) is 0 Å². The van der Waals surface area contributed by atoms with Crippen LogP contribution in [-0.4, -0.2) is 23.5 Å². The predicted molar refractivity (Wildman–Crippen MR) is 82.7 cm³/mol. The zero-order valence-corrected chi connectivity index (χ0v) is 12.2. The molecule has 0 saturated carbocycles. The van der Waals surface area contributed by atoms with Crippen LogP contribution in [0.1, 0.15) is 20.8 Å². The Morgan fingerprint density at radius 3 is 2.65 bits per heavy atom. The number of pyridine rings is 1. The van der Waals surface area contributed by atoms with Crippen molar-refractivity contribution < 1.29 is 4.79 Å². The highest BCUT2D eigenvalue weighted by Gasteiger charge is 2.13. The number of carbonyl (C=O) groups is 1. The van der Waals surface area contributed by atoms with Crippen molar-refractivity contribution in [3.63, 3.8) is 0 Å². The van der Waals surface area contributed by atoms with E-state index in [2.05, 4.69) is 29.5 Å². The van der Waals surface area contributed by atoms with Crippen molar-refractivity contribution in [1.82, 2.24) is 10.3 Å². The van der Waals surface area contributed by atoms with E-state index < -0.39 is 0 Å². The number of anilines is 1. The van der Waals surface area contributed by atoms with Crippen molar-refractivity contribution in [2.75, 3.05) is 11.9 Å². The zero-order chi connectivity index (χ0) is 14.5. The van der Waals surface area contributed by atoms with Crippen molar-refractivity contribution in [2.45, 2.75) is 26.8 Å². The van der Waals surface area contributed by atoms with E-state index in [9.17, 15) is 4.79 Å². The molecule has 2 N–H and O–H groups in total. The molecular weight excluding hydrogens is 250 g/mol. The largest absolute Gasteiger partial charge is 0.359 e. The molecule has 20 heavy (non-hydrogen) atoms. The van der Waals surface area contributed by atoms with Crippen molar-refractivity contribution in [2.24, 2.45) is 5.92 Å². The molecule has 2 aromatic rings. The summed E-state index contributed by atoms with van der Waals surface area (Å²) in [5.41, 5.74) is 0.923. The summed E-state index contributed by atoms with van der Waals surface area (Å²) in [5, 5.41) is 7.14. The van der Waals surface area contributed by atoms with Crippen LogP contribution in [0.15, 0.2) is 36.4 Å². The molecular formula is C16H21N3O. The van der Waals surface area contributed by atoms with Gasteiger partial charge >= 0.3 is 0 Å². The number of hydrogen-bond donors (Lipinski definition) is 2. The molecule has 1 aromatic heterocycles. The number of para-hydroxylation sites is 1. The average molecular weight is 271 g/mol. The van der Waals surface area contributed by atoms with Crippen LogP contribution in [0.25, 0.3) is 10.9 Å². The Morgan fingerprint density at radius 2 is 1.90 bits per heavy atom. The lowest BCUT2D eigenvalue weighted by molar-refractivity contribution is -0.121. The van der Waals surface area contributed by atoms with Crippen LogP contribution >= 0.6 is 0 Å². The van der Waals surface area contributed by atoms with E-state index in [1.54, 1.807) is 0 Å². The van der Waals surface area contributed by atoms with Gasteiger partial charge in [-0.3, -0.25) is 4.79 Å². The number of nitrogens with zero attached hydrogens (tertiary/aromatic N) is 1. The van der Waals surface area contributed by atoms with Gasteiger partial charge < -0.3 is 10.6 Å². The normalized spacial score (nSPS) is 12.4. The van der Waals surface area contributed by atoms with Crippen molar-refractivity contribution in [3.8, 4) is 0 Å². The molecule has 4 heteroatoms. The smallest absolute Gasteiger partial charge is 0.242 e. The molecule has 0 bridgehead atoms. The number of benzene rings is 1. The summed E-state index contributed by atoms with van der Waals surface area (Å²) >= 11 is 0. The van der Waals surface area contributed by atoms with Gasteiger partial charge in [0.15, 0.2) is 0 Å². The lowest BCUT2D eigenvalue weighted by Crippen LogP contribution is -2.39. The summed E-state index contributed by atoms with van der Waals surface area (Å²) < 4.78 is 0. The first kappa shape index (κ1) is 14.3. The summed E-state index contributed by atoms with van der Waals surface area (Å²) in [6.07, 6.45) is 0. The van der Waals surface area contributed by atoms with Crippen LogP contribution in [0.4, 0.5) is 5.82 Å². The fraction of sp³-hybridized carbons (Fsp3) is 0.375. The first-order chi connectivity index (χ1) is 9.56. The van der Waals surface area contributed by atoms with Gasteiger partial charge in [0.05, 0.1) is 5.52 Å². The fourth-order valence-electron chi connectivity index (χ4n) is 1.89. The Labute approximate surface area is 119 Å². The minimum absolute atomic E-state index is 0.00587. The van der Waals surface area contributed by atoms with Crippen molar-refractivity contribution in [3.05, 3.63) is 36.4 Å². The predicted octanol–water partition coefficient (Wildman–Crippen LogP) is 2.81. The van der Waals surface area contributed by atoms with Gasteiger partial charge in [0.25, 0.3) is 0 Å². The molecule has 1 amide bonds. The molecule has 2 rings (SSSR count). The second-order valence-electron chi connectivity index (χ2n) is 5.39. The summed E-state index contributed by atoms with van der Waals surface area (Å²) in [7, 11) is 0. The standard InChI is InChI=1S/C16H21N3O/c1-11(2)10-17-16(20)12(3)18-15-9-8-13-6-4-5-7-14(13)19-15/h4-9,11-12H,10H2,1-3H3,(H,17,20)(H,18,19). The molecule has 0 fully saturated rings. The maximum absolute atomic E-state index is 11.9. The molecule has 4 nitrogen and oxygen atoms in total. The molecule has 106 valence electrons. The average Bonchev–Trinajstić information content (AvgIpc) is 2.44. The minimum Gasteiger partial charge on any atom is -0.359 e. The van der Waals surface area contributed by atoms with Crippen LogP contribution in [-0.2, 0) is 4.79 Å². The van der Waals surface area contributed by atoms with Gasteiger partial charge in [-0.2, -0.15) is 0 Å². The lowest BCUT2D eigenvalue weighted by Gasteiger charge is -2.16. The van der Waals surface area contributed by atoms with Crippen molar-refractivity contribution >= 4 is 22.6 Å². The van der Waals surface area contributed by atoms with Gasteiger partial charge in [-0.15, -0.1) is 0 Å².